The number of rotatable bonds is 10. The molecule has 12 nitrogen and oxygen atoms in total. The molecule has 0 aromatic heterocycles. The van der Waals surface area contributed by atoms with Crippen LogP contribution in [0.3, 0.4) is 0 Å². The molecule has 1 atom stereocenters. The van der Waals surface area contributed by atoms with Crippen molar-refractivity contribution in [1.29, 1.82) is 0 Å². The molecule has 1 unspecified atom stereocenters. The van der Waals surface area contributed by atoms with Crippen LogP contribution in [0, 0.1) is 10.1 Å². The fraction of sp³-hybridized carbons (Fsp3) is 0.263. The fourth-order valence-corrected chi connectivity index (χ4v) is 3.64. The first-order chi connectivity index (χ1) is 15.1. The molecule has 13 heteroatoms. The monoisotopic (exact) mass is 467 g/mol. The fourth-order valence-electron chi connectivity index (χ4n) is 2.45. The Morgan fingerprint density at radius 2 is 1.66 bits per heavy atom. The number of ether oxygens (including phenoxy) is 3. The van der Waals surface area contributed by atoms with Gasteiger partial charge in [0.25, 0.3) is 11.6 Å². The summed E-state index contributed by atoms with van der Waals surface area (Å²) in [5.41, 5.74) is -0.533. The van der Waals surface area contributed by atoms with Gasteiger partial charge in [-0.2, -0.15) is 4.72 Å². The summed E-state index contributed by atoms with van der Waals surface area (Å²) >= 11 is 0. The van der Waals surface area contributed by atoms with Gasteiger partial charge < -0.3 is 19.5 Å². The van der Waals surface area contributed by atoms with Crippen molar-refractivity contribution in [3.05, 3.63) is 52.6 Å². The van der Waals surface area contributed by atoms with Crippen molar-refractivity contribution in [2.75, 3.05) is 26.1 Å². The average molecular weight is 467 g/mol. The van der Waals surface area contributed by atoms with Crippen LogP contribution < -0.4 is 19.5 Å². The molecule has 2 N–H and O–H groups in total. The Kier molecular flexibility index (Phi) is 8.09. The van der Waals surface area contributed by atoms with Gasteiger partial charge >= 0.3 is 5.97 Å². The first-order valence-corrected chi connectivity index (χ1v) is 10.5. The number of nitrogens with zero attached hydrogens (tertiary/aromatic N) is 1. The number of nitrogens with one attached hydrogen (secondary N) is 2. The van der Waals surface area contributed by atoms with E-state index in [9.17, 15) is 28.1 Å². The van der Waals surface area contributed by atoms with Gasteiger partial charge in [0, 0.05) is 0 Å². The lowest BCUT2D eigenvalue weighted by Gasteiger charge is -2.14. The maximum atomic E-state index is 12.4. The van der Waals surface area contributed by atoms with E-state index in [4.69, 9.17) is 14.2 Å². The van der Waals surface area contributed by atoms with E-state index in [1.165, 1.54) is 57.5 Å². The third-order valence-electron chi connectivity index (χ3n) is 4.08. The van der Waals surface area contributed by atoms with Crippen LogP contribution in [-0.2, 0) is 24.3 Å². The second kappa shape index (κ2) is 10.5. The van der Waals surface area contributed by atoms with Crippen molar-refractivity contribution in [3.8, 4) is 11.5 Å². The molecule has 0 saturated heterocycles. The molecule has 0 heterocycles. The van der Waals surface area contributed by atoms with Gasteiger partial charge in [-0.1, -0.05) is 0 Å². The van der Waals surface area contributed by atoms with Crippen molar-refractivity contribution >= 4 is 33.3 Å². The van der Waals surface area contributed by atoms with Gasteiger partial charge in [-0.3, -0.25) is 19.7 Å². The zero-order chi connectivity index (χ0) is 23.9. The van der Waals surface area contributed by atoms with Crippen LogP contribution in [0.5, 0.6) is 11.5 Å². The van der Waals surface area contributed by atoms with E-state index in [-0.39, 0.29) is 16.3 Å². The molecule has 0 saturated carbocycles. The molecule has 0 aliphatic carbocycles. The summed E-state index contributed by atoms with van der Waals surface area (Å²) in [5, 5.41) is 13.4. The maximum absolute atomic E-state index is 12.4. The van der Waals surface area contributed by atoms with Crippen molar-refractivity contribution in [2.24, 2.45) is 0 Å². The Bertz CT molecular complexity index is 1100. The van der Waals surface area contributed by atoms with Crippen molar-refractivity contribution in [1.82, 2.24) is 4.72 Å². The Labute approximate surface area is 183 Å². The predicted octanol–water partition coefficient (Wildman–Crippen LogP) is 1.46. The second-order valence-corrected chi connectivity index (χ2v) is 8.03. The van der Waals surface area contributed by atoms with Gasteiger partial charge in [0.1, 0.15) is 23.2 Å². The molecule has 0 spiro atoms. The van der Waals surface area contributed by atoms with Crippen LogP contribution >= 0.6 is 0 Å². The molecule has 2 aromatic rings. The summed E-state index contributed by atoms with van der Waals surface area (Å²) in [6, 6.07) is 7.98. The number of esters is 1. The topological polar surface area (TPSA) is 163 Å². The molecule has 0 aliphatic heterocycles. The van der Waals surface area contributed by atoms with E-state index in [2.05, 4.69) is 10.0 Å². The standard InChI is InChI=1S/C19H21N3O9S/c1-12(21-32(27,28)15-7-4-13(29-2)5-8-15)19(24)31-11-18(23)20-16-9-6-14(30-3)10-17(16)22(25)26/h4-10,12,21H,11H2,1-3H3,(H,20,23). The van der Waals surface area contributed by atoms with Gasteiger partial charge in [0.2, 0.25) is 10.0 Å². The average Bonchev–Trinajstić information content (AvgIpc) is 2.77. The SMILES string of the molecule is COc1ccc(S(=O)(=O)NC(C)C(=O)OCC(=O)Nc2ccc(OC)cc2[N+](=O)[O-])cc1. The van der Waals surface area contributed by atoms with E-state index in [0.717, 1.165) is 6.07 Å². The number of benzene rings is 2. The third-order valence-corrected chi connectivity index (χ3v) is 5.63. The second-order valence-electron chi connectivity index (χ2n) is 6.31. The summed E-state index contributed by atoms with van der Waals surface area (Å²) in [6.45, 7) is 0.465. The minimum absolute atomic E-state index is 0.0949. The van der Waals surface area contributed by atoms with Crippen LogP contribution in [-0.4, -0.2) is 52.1 Å². The maximum Gasteiger partial charge on any atom is 0.324 e. The molecular formula is C19H21N3O9S. The van der Waals surface area contributed by atoms with Crippen LogP contribution in [0.1, 0.15) is 6.92 Å². The van der Waals surface area contributed by atoms with Crippen LogP contribution in [0.4, 0.5) is 11.4 Å². The molecule has 0 fully saturated rings. The van der Waals surface area contributed by atoms with Crippen LogP contribution in [0.2, 0.25) is 0 Å². The Morgan fingerprint density at radius 3 is 2.22 bits per heavy atom. The summed E-state index contributed by atoms with van der Waals surface area (Å²) in [5.74, 6) is -1.18. The van der Waals surface area contributed by atoms with E-state index in [1.54, 1.807) is 0 Å². The molecule has 0 aliphatic rings. The molecule has 2 aromatic carbocycles. The van der Waals surface area contributed by atoms with Gasteiger partial charge in [0.05, 0.1) is 30.1 Å². The molecular weight excluding hydrogens is 446 g/mol. The number of nitro groups is 1. The number of carbonyl (C=O) groups is 2. The third kappa shape index (κ3) is 6.39. The minimum Gasteiger partial charge on any atom is -0.497 e. The lowest BCUT2D eigenvalue weighted by Crippen LogP contribution is -2.40. The number of hydrogen-bond donors (Lipinski definition) is 2. The zero-order valence-electron chi connectivity index (χ0n) is 17.4. The molecule has 1 amide bonds. The first kappa shape index (κ1) is 24.6. The van der Waals surface area contributed by atoms with Gasteiger partial charge in [0.15, 0.2) is 6.61 Å². The molecule has 0 radical (unpaired) electrons. The quantitative estimate of drug-likeness (QED) is 0.299. The van der Waals surface area contributed by atoms with Crippen LogP contribution in [0.25, 0.3) is 0 Å². The number of nitro benzene ring substituents is 1. The summed E-state index contributed by atoms with van der Waals surface area (Å²) in [4.78, 5) is 34.5. The van der Waals surface area contributed by atoms with Crippen molar-refractivity contribution < 1.29 is 37.1 Å². The Morgan fingerprint density at radius 1 is 1.06 bits per heavy atom. The number of carbonyl (C=O) groups excluding carboxylic acids is 2. The molecule has 172 valence electrons. The van der Waals surface area contributed by atoms with Gasteiger partial charge in [-0.05, 0) is 43.3 Å². The first-order valence-electron chi connectivity index (χ1n) is 9.02. The summed E-state index contributed by atoms with van der Waals surface area (Å²) in [6.07, 6.45) is 0. The van der Waals surface area contributed by atoms with Gasteiger partial charge in [-0.15, -0.1) is 0 Å². The molecule has 32 heavy (non-hydrogen) atoms. The number of hydrogen-bond acceptors (Lipinski definition) is 9. The van der Waals surface area contributed by atoms with E-state index in [1.807, 2.05) is 0 Å². The highest BCUT2D eigenvalue weighted by molar-refractivity contribution is 7.89. The molecule has 2 rings (SSSR count). The molecule has 0 bridgehead atoms. The Hall–Kier alpha value is -3.71. The van der Waals surface area contributed by atoms with E-state index < -0.39 is 45.2 Å². The van der Waals surface area contributed by atoms with Crippen LogP contribution in [0.15, 0.2) is 47.4 Å². The normalized spacial score (nSPS) is 11.8. The highest BCUT2D eigenvalue weighted by Gasteiger charge is 2.24. The predicted molar refractivity (Wildman–Crippen MR) is 112 cm³/mol. The van der Waals surface area contributed by atoms with Crippen molar-refractivity contribution in [2.45, 2.75) is 17.9 Å². The highest BCUT2D eigenvalue weighted by Crippen LogP contribution is 2.28. The smallest absolute Gasteiger partial charge is 0.324 e. The van der Waals surface area contributed by atoms with Crippen molar-refractivity contribution in [3.63, 3.8) is 0 Å². The highest BCUT2D eigenvalue weighted by atomic mass is 32.2. The summed E-state index contributed by atoms with van der Waals surface area (Å²) < 4.78 is 41.5. The lowest BCUT2D eigenvalue weighted by molar-refractivity contribution is -0.384. The summed E-state index contributed by atoms with van der Waals surface area (Å²) in [7, 11) is -1.26. The largest absolute Gasteiger partial charge is 0.497 e. The number of anilines is 1. The van der Waals surface area contributed by atoms with Gasteiger partial charge in [-0.25, -0.2) is 8.42 Å². The Balaban J connectivity index is 1.95. The van der Waals surface area contributed by atoms with E-state index in [0.29, 0.717) is 5.75 Å². The number of amides is 1. The lowest BCUT2D eigenvalue weighted by atomic mass is 10.2. The minimum atomic E-state index is -4.03. The number of methoxy groups -OCH3 is 2. The number of sulfonamides is 1. The zero-order valence-corrected chi connectivity index (χ0v) is 18.2. The van der Waals surface area contributed by atoms with E-state index >= 15 is 0 Å².